The Morgan fingerprint density at radius 1 is 1.50 bits per heavy atom. The van der Waals surface area contributed by atoms with Gasteiger partial charge in [0.25, 0.3) is 0 Å². The highest BCUT2D eigenvalue weighted by Crippen LogP contribution is 2.23. The van der Waals surface area contributed by atoms with Crippen LogP contribution in [0.3, 0.4) is 0 Å². The third-order valence-corrected chi connectivity index (χ3v) is 2.91. The van der Waals surface area contributed by atoms with Gasteiger partial charge in [0.2, 0.25) is 0 Å². The van der Waals surface area contributed by atoms with E-state index in [9.17, 15) is 5.11 Å². The second-order valence-electron chi connectivity index (χ2n) is 3.16. The molecule has 0 aliphatic carbocycles. The van der Waals surface area contributed by atoms with Crippen molar-refractivity contribution in [1.82, 2.24) is 0 Å². The van der Waals surface area contributed by atoms with Crippen molar-refractivity contribution < 1.29 is 5.11 Å². The van der Waals surface area contributed by atoms with E-state index in [1.807, 2.05) is 25.1 Å². The van der Waals surface area contributed by atoms with Crippen molar-refractivity contribution in [1.29, 1.82) is 0 Å². The fraction of sp³-hybridized carbons (Fsp3) is 0.333. The molecule has 1 aromatic carbocycles. The smallest absolute Gasteiger partial charge is 0.0899 e. The van der Waals surface area contributed by atoms with E-state index < -0.39 is 6.10 Å². The van der Waals surface area contributed by atoms with Gasteiger partial charge < -0.3 is 5.11 Å². The van der Waals surface area contributed by atoms with Crippen LogP contribution in [-0.2, 0) is 0 Å². The molecule has 1 rings (SSSR count). The van der Waals surface area contributed by atoms with Gasteiger partial charge in [-0.05, 0) is 31.0 Å². The van der Waals surface area contributed by atoms with Crippen molar-refractivity contribution >= 4 is 15.9 Å². The van der Waals surface area contributed by atoms with Crippen molar-refractivity contribution in [2.75, 3.05) is 0 Å². The van der Waals surface area contributed by atoms with Crippen LogP contribution in [-0.4, -0.2) is 5.11 Å². The van der Waals surface area contributed by atoms with E-state index in [1.54, 1.807) is 6.92 Å². The zero-order valence-electron chi connectivity index (χ0n) is 8.34. The quantitative estimate of drug-likeness (QED) is 0.802. The maximum atomic E-state index is 9.74. The standard InChI is InChI=1S/C12H13BrO/c1-3-4-5-12(14)10-7-6-9(2)11(13)8-10/h6-8,12,14H,5H2,1-2H3. The van der Waals surface area contributed by atoms with Gasteiger partial charge in [-0.15, -0.1) is 11.8 Å². The van der Waals surface area contributed by atoms with Crippen molar-refractivity contribution in [3.63, 3.8) is 0 Å². The molecule has 0 amide bonds. The Morgan fingerprint density at radius 3 is 2.79 bits per heavy atom. The topological polar surface area (TPSA) is 20.2 Å². The maximum Gasteiger partial charge on any atom is 0.0899 e. The predicted octanol–water partition coefficient (Wildman–Crippen LogP) is 3.20. The lowest BCUT2D eigenvalue weighted by Crippen LogP contribution is -1.96. The molecule has 1 N–H and O–H groups in total. The van der Waals surface area contributed by atoms with Crippen molar-refractivity contribution in [3.05, 3.63) is 33.8 Å². The third-order valence-electron chi connectivity index (χ3n) is 2.05. The van der Waals surface area contributed by atoms with Gasteiger partial charge in [0, 0.05) is 10.9 Å². The second-order valence-corrected chi connectivity index (χ2v) is 4.01. The first-order valence-corrected chi connectivity index (χ1v) is 5.28. The predicted molar refractivity (Wildman–Crippen MR) is 61.9 cm³/mol. The second kappa shape index (κ2) is 5.19. The summed E-state index contributed by atoms with van der Waals surface area (Å²) < 4.78 is 1.03. The molecular weight excluding hydrogens is 240 g/mol. The highest BCUT2D eigenvalue weighted by molar-refractivity contribution is 9.10. The molecule has 0 spiro atoms. The Kier molecular flexibility index (Phi) is 4.19. The molecule has 1 unspecified atom stereocenters. The fourth-order valence-corrected chi connectivity index (χ4v) is 1.53. The fourth-order valence-electron chi connectivity index (χ4n) is 1.13. The van der Waals surface area contributed by atoms with E-state index in [2.05, 4.69) is 27.8 Å². The van der Waals surface area contributed by atoms with Crippen LogP contribution in [0.1, 0.15) is 30.6 Å². The molecule has 1 nitrogen and oxygen atoms in total. The number of halogens is 1. The summed E-state index contributed by atoms with van der Waals surface area (Å²) >= 11 is 3.44. The SMILES string of the molecule is CC#CCC(O)c1ccc(C)c(Br)c1. The van der Waals surface area contributed by atoms with Gasteiger partial charge in [-0.3, -0.25) is 0 Å². The van der Waals surface area contributed by atoms with E-state index in [0.29, 0.717) is 6.42 Å². The Bertz CT molecular complexity index is 374. The lowest BCUT2D eigenvalue weighted by atomic mass is 10.1. The number of benzene rings is 1. The maximum absolute atomic E-state index is 9.74. The average Bonchev–Trinajstić information content (AvgIpc) is 2.18. The zero-order valence-corrected chi connectivity index (χ0v) is 9.93. The summed E-state index contributed by atoms with van der Waals surface area (Å²) in [6.07, 6.45) is 0.00535. The van der Waals surface area contributed by atoms with E-state index in [-0.39, 0.29) is 0 Å². The normalized spacial score (nSPS) is 11.7. The van der Waals surface area contributed by atoms with Crippen LogP contribution in [0.15, 0.2) is 22.7 Å². The summed E-state index contributed by atoms with van der Waals surface area (Å²) in [5, 5.41) is 9.74. The monoisotopic (exact) mass is 252 g/mol. The van der Waals surface area contributed by atoms with Crippen LogP contribution >= 0.6 is 15.9 Å². The average molecular weight is 253 g/mol. The first-order valence-electron chi connectivity index (χ1n) is 4.49. The Hall–Kier alpha value is -0.780. The summed E-state index contributed by atoms with van der Waals surface area (Å²) in [5.41, 5.74) is 2.08. The van der Waals surface area contributed by atoms with Gasteiger partial charge in [-0.25, -0.2) is 0 Å². The first kappa shape index (κ1) is 11.3. The minimum atomic E-state index is -0.487. The number of hydrogen-bond acceptors (Lipinski definition) is 1. The van der Waals surface area contributed by atoms with E-state index in [0.717, 1.165) is 10.0 Å². The van der Waals surface area contributed by atoms with Gasteiger partial charge >= 0.3 is 0 Å². The summed E-state index contributed by atoms with van der Waals surface area (Å²) in [5.74, 6) is 5.64. The summed E-state index contributed by atoms with van der Waals surface area (Å²) in [6.45, 7) is 3.80. The highest BCUT2D eigenvalue weighted by atomic mass is 79.9. The number of aryl methyl sites for hydroxylation is 1. The van der Waals surface area contributed by atoms with Gasteiger partial charge in [0.1, 0.15) is 0 Å². The highest BCUT2D eigenvalue weighted by Gasteiger charge is 2.06. The van der Waals surface area contributed by atoms with Crippen LogP contribution < -0.4 is 0 Å². The number of aliphatic hydroxyl groups is 1. The van der Waals surface area contributed by atoms with Gasteiger partial charge in [0.05, 0.1) is 6.10 Å². The van der Waals surface area contributed by atoms with E-state index in [1.165, 1.54) is 5.56 Å². The van der Waals surface area contributed by atoms with Crippen LogP contribution in [0.25, 0.3) is 0 Å². The van der Waals surface area contributed by atoms with Crippen LogP contribution in [0.2, 0.25) is 0 Å². The van der Waals surface area contributed by atoms with Crippen LogP contribution in [0.4, 0.5) is 0 Å². The number of aliphatic hydroxyl groups excluding tert-OH is 1. The lowest BCUT2D eigenvalue weighted by Gasteiger charge is -2.08. The lowest BCUT2D eigenvalue weighted by molar-refractivity contribution is 0.184. The first-order chi connectivity index (χ1) is 6.65. The molecule has 14 heavy (non-hydrogen) atoms. The Balaban J connectivity index is 2.83. The van der Waals surface area contributed by atoms with Crippen LogP contribution in [0, 0.1) is 18.8 Å². The van der Waals surface area contributed by atoms with Crippen LogP contribution in [0.5, 0.6) is 0 Å². The van der Waals surface area contributed by atoms with Gasteiger partial charge in [-0.1, -0.05) is 28.1 Å². The molecule has 74 valence electrons. The third kappa shape index (κ3) is 2.87. The summed E-state index contributed by atoms with van der Waals surface area (Å²) in [6, 6.07) is 5.86. The molecule has 2 heteroatoms. The molecule has 0 aliphatic heterocycles. The molecule has 0 fully saturated rings. The van der Waals surface area contributed by atoms with E-state index in [4.69, 9.17) is 0 Å². The van der Waals surface area contributed by atoms with Crippen molar-refractivity contribution in [2.45, 2.75) is 26.4 Å². The molecule has 1 aromatic rings. The largest absolute Gasteiger partial charge is 0.387 e. The minimum Gasteiger partial charge on any atom is -0.387 e. The molecule has 0 saturated heterocycles. The molecule has 0 bridgehead atoms. The molecule has 0 radical (unpaired) electrons. The molecule has 0 saturated carbocycles. The van der Waals surface area contributed by atoms with Gasteiger partial charge in [0.15, 0.2) is 0 Å². The summed E-state index contributed by atoms with van der Waals surface area (Å²) in [7, 11) is 0. The minimum absolute atomic E-state index is 0.487. The van der Waals surface area contributed by atoms with Crippen molar-refractivity contribution in [3.8, 4) is 11.8 Å². The Labute approximate surface area is 93.3 Å². The molecular formula is C12H13BrO. The number of hydrogen-bond donors (Lipinski definition) is 1. The molecule has 0 aliphatic rings. The zero-order chi connectivity index (χ0) is 10.6. The van der Waals surface area contributed by atoms with E-state index >= 15 is 0 Å². The molecule has 0 aromatic heterocycles. The van der Waals surface area contributed by atoms with Crippen molar-refractivity contribution in [2.24, 2.45) is 0 Å². The molecule has 1 atom stereocenters. The Morgan fingerprint density at radius 2 is 2.21 bits per heavy atom. The summed E-state index contributed by atoms with van der Waals surface area (Å²) in [4.78, 5) is 0. The molecule has 0 heterocycles. The van der Waals surface area contributed by atoms with Gasteiger partial charge in [-0.2, -0.15) is 0 Å². The number of rotatable bonds is 2.